The number of hydrogen-bond donors (Lipinski definition) is 2. The summed E-state index contributed by atoms with van der Waals surface area (Å²) >= 11 is 0. The zero-order valence-corrected chi connectivity index (χ0v) is 17.2. The number of benzene rings is 3. The van der Waals surface area contributed by atoms with Crippen molar-refractivity contribution < 1.29 is 24.2 Å². The lowest BCUT2D eigenvalue weighted by molar-refractivity contribution is 0.0696. The van der Waals surface area contributed by atoms with Gasteiger partial charge in [-0.1, -0.05) is 29.8 Å². The lowest BCUT2D eigenvalue weighted by Crippen LogP contribution is -2.17. The van der Waals surface area contributed by atoms with E-state index < -0.39 is 5.97 Å². The van der Waals surface area contributed by atoms with Crippen LogP contribution in [0.25, 0.3) is 0 Å². The van der Waals surface area contributed by atoms with Gasteiger partial charge in [0.2, 0.25) is 0 Å². The molecule has 0 saturated heterocycles. The average Bonchev–Trinajstić information content (AvgIpc) is 2.78. The first-order valence-corrected chi connectivity index (χ1v) is 9.49. The third-order valence-corrected chi connectivity index (χ3v) is 4.48. The molecule has 0 aromatic heterocycles. The van der Waals surface area contributed by atoms with Gasteiger partial charge in [0.05, 0.1) is 18.9 Å². The minimum absolute atomic E-state index is 0.222. The number of aromatic carboxylic acids is 1. The molecule has 0 radical (unpaired) electrons. The van der Waals surface area contributed by atoms with Crippen molar-refractivity contribution in [2.75, 3.05) is 7.11 Å². The molecule has 1 amide bonds. The molecule has 7 nitrogen and oxygen atoms in total. The Morgan fingerprint density at radius 1 is 0.968 bits per heavy atom. The lowest BCUT2D eigenvalue weighted by Gasteiger charge is -2.11. The molecule has 0 fully saturated rings. The summed E-state index contributed by atoms with van der Waals surface area (Å²) in [4.78, 5) is 23.0. The standard InChI is InChI=1S/C24H22N2O5/c1-16-3-8-19(9-4-16)23(27)26-25-14-18-7-12-21(22(13-18)30-2)31-15-17-5-10-20(11-6-17)24(28)29/h3-14H,15H2,1-2H3,(H,26,27)(H,28,29)/b25-14-. The van der Waals surface area contributed by atoms with Crippen LogP contribution >= 0.6 is 0 Å². The molecule has 0 unspecified atom stereocenters. The van der Waals surface area contributed by atoms with E-state index in [2.05, 4.69) is 10.5 Å². The first-order valence-electron chi connectivity index (χ1n) is 9.49. The van der Waals surface area contributed by atoms with Crippen molar-refractivity contribution in [3.8, 4) is 11.5 Å². The molecule has 0 spiro atoms. The maximum atomic E-state index is 12.1. The molecule has 3 aromatic rings. The monoisotopic (exact) mass is 418 g/mol. The average molecular weight is 418 g/mol. The van der Waals surface area contributed by atoms with Gasteiger partial charge in [-0.25, -0.2) is 10.2 Å². The van der Waals surface area contributed by atoms with Gasteiger partial charge in [0, 0.05) is 5.56 Å². The van der Waals surface area contributed by atoms with Gasteiger partial charge in [-0.15, -0.1) is 0 Å². The quantitative estimate of drug-likeness (QED) is 0.425. The van der Waals surface area contributed by atoms with Gasteiger partial charge in [-0.05, 0) is 60.5 Å². The van der Waals surface area contributed by atoms with Gasteiger partial charge in [-0.2, -0.15) is 5.10 Å². The van der Waals surface area contributed by atoms with Crippen LogP contribution in [-0.4, -0.2) is 30.3 Å². The second-order valence-corrected chi connectivity index (χ2v) is 6.77. The second kappa shape index (κ2) is 10.1. The second-order valence-electron chi connectivity index (χ2n) is 6.77. The number of nitrogens with one attached hydrogen (secondary N) is 1. The van der Waals surface area contributed by atoms with Crippen molar-refractivity contribution in [2.45, 2.75) is 13.5 Å². The number of carboxylic acid groups (broad SMARTS) is 1. The van der Waals surface area contributed by atoms with Crippen molar-refractivity contribution in [2.24, 2.45) is 5.10 Å². The number of methoxy groups -OCH3 is 1. The Kier molecular flexibility index (Phi) is 7.01. The summed E-state index contributed by atoms with van der Waals surface area (Å²) in [6.45, 7) is 2.21. The van der Waals surface area contributed by atoms with Gasteiger partial charge in [0.1, 0.15) is 6.61 Å². The van der Waals surface area contributed by atoms with Crippen LogP contribution in [0.3, 0.4) is 0 Å². The van der Waals surface area contributed by atoms with Crippen molar-refractivity contribution >= 4 is 18.1 Å². The van der Waals surface area contributed by atoms with E-state index in [4.69, 9.17) is 14.6 Å². The molecule has 158 valence electrons. The topological polar surface area (TPSA) is 97.2 Å². The van der Waals surface area contributed by atoms with E-state index in [9.17, 15) is 9.59 Å². The number of nitrogens with zero attached hydrogens (tertiary/aromatic N) is 1. The Balaban J connectivity index is 1.61. The maximum absolute atomic E-state index is 12.1. The van der Waals surface area contributed by atoms with E-state index in [1.165, 1.54) is 25.5 Å². The summed E-state index contributed by atoms with van der Waals surface area (Å²) in [7, 11) is 1.53. The smallest absolute Gasteiger partial charge is 0.335 e. The van der Waals surface area contributed by atoms with E-state index in [1.54, 1.807) is 42.5 Å². The Hall–Kier alpha value is -4.13. The third-order valence-electron chi connectivity index (χ3n) is 4.48. The predicted octanol–water partition coefficient (Wildman–Crippen LogP) is 4.04. The molecule has 0 bridgehead atoms. The van der Waals surface area contributed by atoms with Crippen LogP contribution in [0, 0.1) is 6.92 Å². The van der Waals surface area contributed by atoms with Crippen molar-refractivity contribution in [1.82, 2.24) is 5.43 Å². The number of hydrazone groups is 1. The highest BCUT2D eigenvalue weighted by molar-refractivity contribution is 5.95. The van der Waals surface area contributed by atoms with E-state index in [-0.39, 0.29) is 18.1 Å². The molecule has 0 aliphatic rings. The summed E-state index contributed by atoms with van der Waals surface area (Å²) in [6, 6.07) is 18.9. The molecule has 0 aliphatic carbocycles. The summed E-state index contributed by atoms with van der Waals surface area (Å²) < 4.78 is 11.2. The van der Waals surface area contributed by atoms with Crippen LogP contribution in [0.5, 0.6) is 11.5 Å². The minimum atomic E-state index is -0.971. The first-order chi connectivity index (χ1) is 15.0. The number of carboxylic acids is 1. The first kappa shape index (κ1) is 21.6. The van der Waals surface area contributed by atoms with Gasteiger partial charge < -0.3 is 14.6 Å². The number of aryl methyl sites for hydroxylation is 1. The molecule has 3 aromatic carbocycles. The van der Waals surface area contributed by atoms with Gasteiger partial charge >= 0.3 is 5.97 Å². The van der Waals surface area contributed by atoms with Crippen LogP contribution in [-0.2, 0) is 6.61 Å². The normalized spacial score (nSPS) is 10.6. The van der Waals surface area contributed by atoms with Crippen LogP contribution < -0.4 is 14.9 Å². The maximum Gasteiger partial charge on any atom is 0.335 e. The number of ether oxygens (including phenoxy) is 2. The SMILES string of the molecule is COc1cc(/C=N\NC(=O)c2ccc(C)cc2)ccc1OCc1ccc(C(=O)O)cc1. The fourth-order valence-electron chi connectivity index (χ4n) is 2.72. The molecular formula is C24H22N2O5. The summed E-state index contributed by atoms with van der Waals surface area (Å²) in [6.07, 6.45) is 1.52. The number of hydrogen-bond acceptors (Lipinski definition) is 5. The predicted molar refractivity (Wildman–Crippen MR) is 117 cm³/mol. The summed E-state index contributed by atoms with van der Waals surface area (Å²) in [5.74, 6) is -0.222. The number of carbonyl (C=O) groups excluding carboxylic acids is 1. The molecule has 31 heavy (non-hydrogen) atoms. The van der Waals surface area contributed by atoms with Gasteiger partial charge in [0.15, 0.2) is 11.5 Å². The summed E-state index contributed by atoms with van der Waals surface area (Å²) in [5.41, 5.74) is 5.87. The van der Waals surface area contributed by atoms with Crippen LogP contribution in [0.1, 0.15) is 37.4 Å². The lowest BCUT2D eigenvalue weighted by atomic mass is 10.1. The van der Waals surface area contributed by atoms with Gasteiger partial charge in [-0.3, -0.25) is 4.79 Å². The highest BCUT2D eigenvalue weighted by Gasteiger charge is 2.07. The minimum Gasteiger partial charge on any atom is -0.493 e. The Morgan fingerprint density at radius 3 is 2.29 bits per heavy atom. The van der Waals surface area contributed by atoms with Crippen molar-refractivity contribution in [3.63, 3.8) is 0 Å². The van der Waals surface area contributed by atoms with Crippen LogP contribution in [0.15, 0.2) is 71.8 Å². The number of rotatable bonds is 8. The van der Waals surface area contributed by atoms with Crippen LogP contribution in [0.2, 0.25) is 0 Å². The molecule has 0 saturated carbocycles. The molecule has 3 rings (SSSR count). The number of carbonyl (C=O) groups is 2. The van der Waals surface area contributed by atoms with E-state index in [0.717, 1.165) is 16.7 Å². The van der Waals surface area contributed by atoms with E-state index in [0.29, 0.717) is 17.1 Å². The Morgan fingerprint density at radius 2 is 1.65 bits per heavy atom. The molecular weight excluding hydrogens is 396 g/mol. The third kappa shape index (κ3) is 5.93. The molecule has 2 N–H and O–H groups in total. The van der Waals surface area contributed by atoms with Crippen LogP contribution in [0.4, 0.5) is 0 Å². The highest BCUT2D eigenvalue weighted by Crippen LogP contribution is 2.28. The zero-order chi connectivity index (χ0) is 22.2. The fourth-order valence-corrected chi connectivity index (χ4v) is 2.72. The van der Waals surface area contributed by atoms with Crippen molar-refractivity contribution in [3.05, 3.63) is 94.5 Å². The molecule has 0 heterocycles. The molecule has 7 heteroatoms. The highest BCUT2D eigenvalue weighted by atomic mass is 16.5. The Bertz CT molecular complexity index is 1090. The van der Waals surface area contributed by atoms with Crippen molar-refractivity contribution in [1.29, 1.82) is 0 Å². The molecule has 0 aliphatic heterocycles. The fraction of sp³-hybridized carbons (Fsp3) is 0.125. The zero-order valence-electron chi connectivity index (χ0n) is 17.2. The molecule has 0 atom stereocenters. The number of amides is 1. The van der Waals surface area contributed by atoms with Gasteiger partial charge in [0.25, 0.3) is 5.91 Å². The largest absolute Gasteiger partial charge is 0.493 e. The summed E-state index contributed by atoms with van der Waals surface area (Å²) in [5, 5.41) is 12.9. The van der Waals surface area contributed by atoms with E-state index >= 15 is 0 Å². The Labute approximate surface area is 179 Å². The van der Waals surface area contributed by atoms with E-state index in [1.807, 2.05) is 19.1 Å².